The Hall–Kier alpha value is -4.97. The zero-order valence-corrected chi connectivity index (χ0v) is 45.9. The van der Waals surface area contributed by atoms with Crippen molar-refractivity contribution < 1.29 is 28.6 Å². The van der Waals surface area contributed by atoms with Crippen LogP contribution in [0.2, 0.25) is 0 Å². The zero-order valence-electron chi connectivity index (χ0n) is 45.9. The summed E-state index contributed by atoms with van der Waals surface area (Å²) in [4.78, 5) is 38.0. The first-order valence-electron chi connectivity index (χ1n) is 28.5. The molecule has 0 bridgehead atoms. The maximum atomic E-state index is 12.8. The molecule has 0 radical (unpaired) electrons. The Labute approximate surface area is 441 Å². The van der Waals surface area contributed by atoms with Crippen LogP contribution in [-0.4, -0.2) is 37.2 Å². The van der Waals surface area contributed by atoms with E-state index in [4.69, 9.17) is 14.2 Å². The molecule has 0 saturated carbocycles. The summed E-state index contributed by atoms with van der Waals surface area (Å²) >= 11 is 0. The summed E-state index contributed by atoms with van der Waals surface area (Å²) in [5, 5.41) is 0. The number of unbranched alkanes of at least 4 members (excludes halogenated alkanes) is 12. The van der Waals surface area contributed by atoms with Crippen LogP contribution in [0.1, 0.15) is 220 Å². The van der Waals surface area contributed by atoms with Crippen LogP contribution in [0.5, 0.6) is 0 Å². The average Bonchev–Trinajstić information content (AvgIpc) is 3.38. The van der Waals surface area contributed by atoms with Crippen molar-refractivity contribution in [1.29, 1.82) is 0 Å². The van der Waals surface area contributed by atoms with E-state index in [-0.39, 0.29) is 37.5 Å². The van der Waals surface area contributed by atoms with Crippen LogP contribution in [0.3, 0.4) is 0 Å². The molecule has 0 aromatic rings. The molecule has 0 fully saturated rings. The van der Waals surface area contributed by atoms with E-state index in [2.05, 4.69) is 179 Å². The lowest BCUT2D eigenvalue weighted by Gasteiger charge is -2.18. The Bertz CT molecular complexity index is 1660. The summed E-state index contributed by atoms with van der Waals surface area (Å²) < 4.78 is 16.7. The molecule has 0 saturated heterocycles. The van der Waals surface area contributed by atoms with Gasteiger partial charge in [0, 0.05) is 19.3 Å². The first kappa shape index (κ1) is 67.0. The third-order valence-corrected chi connectivity index (χ3v) is 11.2. The van der Waals surface area contributed by atoms with Crippen LogP contribution in [0.4, 0.5) is 0 Å². The predicted octanol–water partition coefficient (Wildman–Crippen LogP) is 19.4. The summed E-state index contributed by atoms with van der Waals surface area (Å²) in [5.41, 5.74) is 0. The molecule has 0 aliphatic carbocycles. The molecule has 0 amide bonds. The summed E-state index contributed by atoms with van der Waals surface area (Å²) in [7, 11) is 0. The van der Waals surface area contributed by atoms with Gasteiger partial charge in [-0.2, -0.15) is 0 Å². The summed E-state index contributed by atoms with van der Waals surface area (Å²) in [6, 6.07) is 0. The van der Waals surface area contributed by atoms with Crippen molar-refractivity contribution in [1.82, 2.24) is 0 Å². The highest BCUT2D eigenvalue weighted by atomic mass is 16.6. The Morgan fingerprint density at radius 3 is 0.875 bits per heavy atom. The van der Waals surface area contributed by atoms with Gasteiger partial charge in [-0.05, 0) is 141 Å². The number of esters is 3. The van der Waals surface area contributed by atoms with Crippen molar-refractivity contribution in [3.63, 3.8) is 0 Å². The van der Waals surface area contributed by atoms with Gasteiger partial charge in [-0.25, -0.2) is 0 Å². The normalized spacial score (nSPS) is 13.3. The topological polar surface area (TPSA) is 78.9 Å². The number of allylic oxidation sites excluding steroid dienone is 26. The van der Waals surface area contributed by atoms with E-state index in [0.717, 1.165) is 161 Å². The van der Waals surface area contributed by atoms with E-state index in [1.54, 1.807) is 0 Å². The SMILES string of the molecule is CC/C=C\C/C=C\C/C=C\C/C=C\C/C=C\C/C=C\C/C=C\C/C=C\C/C=C\CCCCCC(=O)OCC(COC(=O)CCCCCCC/C=C\CCC)OC(=O)CCCCC/C=C\C/C=C\C/C=C\CC. The van der Waals surface area contributed by atoms with Crippen molar-refractivity contribution >= 4 is 17.9 Å². The molecule has 72 heavy (non-hydrogen) atoms. The Kier molecular flexibility index (Phi) is 54.6. The Morgan fingerprint density at radius 2 is 0.542 bits per heavy atom. The fraction of sp³-hybridized carbons (Fsp3) is 0.561. The molecule has 6 heteroatoms. The van der Waals surface area contributed by atoms with Gasteiger partial charge in [-0.1, -0.05) is 217 Å². The van der Waals surface area contributed by atoms with Crippen LogP contribution < -0.4 is 0 Å². The maximum Gasteiger partial charge on any atom is 0.306 e. The van der Waals surface area contributed by atoms with Gasteiger partial charge in [0.1, 0.15) is 13.2 Å². The van der Waals surface area contributed by atoms with Crippen molar-refractivity contribution in [3.05, 3.63) is 158 Å². The third kappa shape index (κ3) is 56.0. The van der Waals surface area contributed by atoms with E-state index in [9.17, 15) is 14.4 Å². The number of hydrogen-bond acceptors (Lipinski definition) is 6. The fourth-order valence-corrected chi connectivity index (χ4v) is 7.04. The molecule has 0 aliphatic heterocycles. The van der Waals surface area contributed by atoms with Gasteiger partial charge in [-0.15, -0.1) is 0 Å². The molecule has 0 spiro atoms. The molecule has 0 aliphatic rings. The third-order valence-electron chi connectivity index (χ3n) is 11.2. The van der Waals surface area contributed by atoms with Gasteiger partial charge < -0.3 is 14.2 Å². The molecular formula is C66H102O6. The van der Waals surface area contributed by atoms with Gasteiger partial charge in [-0.3, -0.25) is 14.4 Å². The van der Waals surface area contributed by atoms with E-state index in [0.29, 0.717) is 19.3 Å². The van der Waals surface area contributed by atoms with Crippen molar-refractivity contribution in [3.8, 4) is 0 Å². The predicted molar refractivity (Wildman–Crippen MR) is 311 cm³/mol. The zero-order chi connectivity index (χ0) is 52.2. The largest absolute Gasteiger partial charge is 0.462 e. The maximum absolute atomic E-state index is 12.8. The lowest BCUT2D eigenvalue weighted by molar-refractivity contribution is -0.167. The highest BCUT2D eigenvalue weighted by molar-refractivity contribution is 5.71. The van der Waals surface area contributed by atoms with Crippen LogP contribution >= 0.6 is 0 Å². The first-order valence-corrected chi connectivity index (χ1v) is 28.5. The van der Waals surface area contributed by atoms with E-state index in [1.165, 1.54) is 12.8 Å². The minimum absolute atomic E-state index is 0.112. The molecule has 0 rings (SSSR count). The second kappa shape index (κ2) is 58.6. The summed E-state index contributed by atoms with van der Waals surface area (Å²) in [6.45, 7) is 6.26. The molecule has 0 heterocycles. The minimum atomic E-state index is -0.817. The minimum Gasteiger partial charge on any atom is -0.462 e. The van der Waals surface area contributed by atoms with Crippen LogP contribution in [0.25, 0.3) is 0 Å². The second-order valence-electron chi connectivity index (χ2n) is 18.1. The lowest BCUT2D eigenvalue weighted by Crippen LogP contribution is -2.30. The van der Waals surface area contributed by atoms with Crippen molar-refractivity contribution in [2.45, 2.75) is 226 Å². The molecular weight excluding hydrogens is 889 g/mol. The standard InChI is InChI=1S/C66H102O6/c1-4-7-10-13-16-19-22-24-25-26-27-28-29-30-31-32-33-34-35-36-37-38-39-40-41-43-44-47-50-53-56-59-65(68)71-62-63(61-70-64(67)58-55-52-49-46-21-18-15-12-9-6-3)72-66(69)60-57-54-51-48-45-42-23-20-17-14-11-8-5-2/h7-8,10-12,15-17,19-20,24-25,27-28,30-31,33-34,36-37,39-40,42-45,63H,4-6,9,13-14,18,21-23,26,29,32,35,38,41,46-62H2,1-3H3/b10-7-,11-8-,15-12-,19-16-,20-17-,25-24-,28-27-,31-30-,34-33-,37-36-,40-39-,44-43-,45-42-. The quantitative estimate of drug-likeness (QED) is 0.0262. The fourth-order valence-electron chi connectivity index (χ4n) is 7.04. The Morgan fingerprint density at radius 1 is 0.292 bits per heavy atom. The summed E-state index contributed by atoms with van der Waals surface area (Å²) in [6.07, 6.45) is 85.4. The number of carbonyl (C=O) groups is 3. The van der Waals surface area contributed by atoms with Gasteiger partial charge >= 0.3 is 17.9 Å². The lowest BCUT2D eigenvalue weighted by atomic mass is 10.1. The molecule has 1 unspecified atom stereocenters. The van der Waals surface area contributed by atoms with Crippen LogP contribution in [0.15, 0.2) is 158 Å². The second-order valence-corrected chi connectivity index (χ2v) is 18.1. The molecule has 0 aromatic carbocycles. The Balaban J connectivity index is 4.35. The van der Waals surface area contributed by atoms with Gasteiger partial charge in [0.2, 0.25) is 0 Å². The molecule has 6 nitrogen and oxygen atoms in total. The summed E-state index contributed by atoms with van der Waals surface area (Å²) in [5.74, 6) is -0.998. The monoisotopic (exact) mass is 991 g/mol. The first-order chi connectivity index (χ1) is 35.5. The highest BCUT2D eigenvalue weighted by Gasteiger charge is 2.19. The van der Waals surface area contributed by atoms with E-state index < -0.39 is 6.10 Å². The molecule has 0 N–H and O–H groups in total. The van der Waals surface area contributed by atoms with Crippen LogP contribution in [-0.2, 0) is 28.6 Å². The average molecular weight is 992 g/mol. The number of ether oxygens (including phenoxy) is 3. The molecule has 1 atom stereocenters. The number of carbonyl (C=O) groups excluding carboxylic acids is 3. The van der Waals surface area contributed by atoms with Crippen molar-refractivity contribution in [2.24, 2.45) is 0 Å². The van der Waals surface area contributed by atoms with E-state index in [1.807, 2.05) is 0 Å². The molecule has 402 valence electrons. The van der Waals surface area contributed by atoms with Crippen molar-refractivity contribution in [2.75, 3.05) is 13.2 Å². The number of rotatable bonds is 49. The molecule has 0 aromatic heterocycles. The van der Waals surface area contributed by atoms with Gasteiger partial charge in [0.25, 0.3) is 0 Å². The highest BCUT2D eigenvalue weighted by Crippen LogP contribution is 2.12. The smallest absolute Gasteiger partial charge is 0.306 e. The van der Waals surface area contributed by atoms with Gasteiger partial charge in [0.15, 0.2) is 6.10 Å². The number of hydrogen-bond donors (Lipinski definition) is 0. The van der Waals surface area contributed by atoms with Gasteiger partial charge in [0.05, 0.1) is 0 Å². The van der Waals surface area contributed by atoms with Crippen LogP contribution in [0, 0.1) is 0 Å². The van der Waals surface area contributed by atoms with E-state index >= 15 is 0 Å².